The van der Waals surface area contributed by atoms with E-state index in [1.165, 1.54) is 21.3 Å². The van der Waals surface area contributed by atoms with Crippen molar-refractivity contribution >= 4 is 24.9 Å². The van der Waals surface area contributed by atoms with Crippen LogP contribution in [0.25, 0.3) is 10.9 Å². The molecule has 0 amide bonds. The van der Waals surface area contributed by atoms with Gasteiger partial charge in [-0.15, -0.1) is 0 Å². The van der Waals surface area contributed by atoms with E-state index in [1.54, 1.807) is 36.4 Å². The fraction of sp³-hybridized carbons (Fsp3) is 0.318. The van der Waals surface area contributed by atoms with Crippen LogP contribution in [0.3, 0.4) is 0 Å². The molecular formula is C22H26N2O5Si. The lowest BCUT2D eigenvalue weighted by molar-refractivity contribution is 0.0556. The van der Waals surface area contributed by atoms with Gasteiger partial charge in [0.2, 0.25) is 0 Å². The summed E-state index contributed by atoms with van der Waals surface area (Å²) in [5.74, 6) is -1.03. The Morgan fingerprint density at radius 2 is 1.67 bits per heavy atom. The van der Waals surface area contributed by atoms with E-state index in [4.69, 9.17) is 9.84 Å². The predicted molar refractivity (Wildman–Crippen MR) is 119 cm³/mol. The second kappa shape index (κ2) is 8.41. The van der Waals surface area contributed by atoms with Gasteiger partial charge in [-0.3, -0.25) is 13.9 Å². The highest BCUT2D eigenvalue weighted by Crippen LogP contribution is 2.14. The third kappa shape index (κ3) is 4.44. The summed E-state index contributed by atoms with van der Waals surface area (Å²) < 4.78 is 8.67. The molecule has 1 aromatic heterocycles. The molecule has 0 aliphatic carbocycles. The quantitative estimate of drug-likeness (QED) is 0.586. The average molecular weight is 427 g/mol. The van der Waals surface area contributed by atoms with Crippen LogP contribution in [0, 0.1) is 0 Å². The minimum absolute atomic E-state index is 0.0344. The van der Waals surface area contributed by atoms with Gasteiger partial charge in [-0.2, -0.15) is 0 Å². The van der Waals surface area contributed by atoms with Crippen molar-refractivity contribution in [3.05, 3.63) is 80.5 Å². The van der Waals surface area contributed by atoms with Gasteiger partial charge in [0.1, 0.15) is 6.73 Å². The summed E-state index contributed by atoms with van der Waals surface area (Å²) in [6.07, 6.45) is 0. The van der Waals surface area contributed by atoms with Crippen molar-refractivity contribution in [2.24, 2.45) is 0 Å². The standard InChI is InChI=1S/C22H26N2O5Si/c1-15(30(2,3)4)29-14-24-19-8-6-5-7-18(19)20(25)23(22(24)28)13-16-9-11-17(12-10-16)21(26)27/h5-12,15H,13-14H2,1-4H3,(H,26,27). The zero-order valence-corrected chi connectivity index (χ0v) is 18.6. The van der Waals surface area contributed by atoms with Gasteiger partial charge >= 0.3 is 11.7 Å². The van der Waals surface area contributed by atoms with E-state index >= 15 is 0 Å². The van der Waals surface area contributed by atoms with Crippen LogP contribution < -0.4 is 11.2 Å². The van der Waals surface area contributed by atoms with E-state index in [-0.39, 0.29) is 30.1 Å². The molecule has 8 heteroatoms. The molecule has 1 heterocycles. The van der Waals surface area contributed by atoms with Gasteiger partial charge in [0.05, 0.1) is 31.1 Å². The van der Waals surface area contributed by atoms with E-state index in [0.29, 0.717) is 16.5 Å². The molecule has 1 unspecified atom stereocenters. The van der Waals surface area contributed by atoms with E-state index in [0.717, 1.165) is 0 Å². The Morgan fingerprint density at radius 1 is 1.03 bits per heavy atom. The molecular weight excluding hydrogens is 400 g/mol. The van der Waals surface area contributed by atoms with Crippen LogP contribution in [0.2, 0.25) is 19.6 Å². The first-order chi connectivity index (χ1) is 14.1. The highest BCUT2D eigenvalue weighted by molar-refractivity contribution is 6.77. The molecule has 3 rings (SSSR count). The molecule has 1 atom stereocenters. The Labute approximate surface area is 175 Å². The van der Waals surface area contributed by atoms with Crippen LogP contribution in [-0.4, -0.2) is 34.0 Å². The van der Waals surface area contributed by atoms with E-state index in [1.807, 2.05) is 6.92 Å². The number of hydrogen-bond acceptors (Lipinski definition) is 4. The monoisotopic (exact) mass is 426 g/mol. The molecule has 1 N–H and O–H groups in total. The number of carboxylic acid groups (broad SMARTS) is 1. The zero-order chi connectivity index (χ0) is 22.1. The van der Waals surface area contributed by atoms with Crippen molar-refractivity contribution in [1.29, 1.82) is 0 Å². The Kier molecular flexibility index (Phi) is 6.09. The number of carboxylic acids is 1. The first kappa shape index (κ1) is 21.7. The largest absolute Gasteiger partial charge is 0.478 e. The predicted octanol–water partition coefficient (Wildman–Crippen LogP) is 3.15. The number of benzene rings is 2. The summed E-state index contributed by atoms with van der Waals surface area (Å²) in [6, 6.07) is 13.1. The van der Waals surface area contributed by atoms with Crippen LogP contribution in [0.1, 0.15) is 22.8 Å². The lowest BCUT2D eigenvalue weighted by Crippen LogP contribution is -2.43. The number of rotatable bonds is 7. The van der Waals surface area contributed by atoms with Gasteiger partial charge in [-0.1, -0.05) is 43.9 Å². The molecule has 3 aromatic rings. The van der Waals surface area contributed by atoms with E-state index < -0.39 is 19.7 Å². The smallest absolute Gasteiger partial charge is 0.335 e. The number of ether oxygens (including phenoxy) is 1. The van der Waals surface area contributed by atoms with Crippen LogP contribution >= 0.6 is 0 Å². The van der Waals surface area contributed by atoms with Gasteiger partial charge in [0.15, 0.2) is 0 Å². The van der Waals surface area contributed by atoms with Crippen molar-refractivity contribution in [1.82, 2.24) is 9.13 Å². The third-order valence-corrected chi connectivity index (χ3v) is 7.95. The normalized spacial score (nSPS) is 12.8. The van der Waals surface area contributed by atoms with E-state index in [9.17, 15) is 14.4 Å². The summed E-state index contributed by atoms with van der Waals surface area (Å²) in [5.41, 5.74) is 0.546. The van der Waals surface area contributed by atoms with Gasteiger partial charge in [-0.05, 0) is 36.8 Å². The Bertz CT molecular complexity index is 1190. The fourth-order valence-corrected chi connectivity index (χ4v) is 3.58. The maximum Gasteiger partial charge on any atom is 0.335 e. The molecule has 0 saturated carbocycles. The minimum atomic E-state index is -1.55. The van der Waals surface area contributed by atoms with Gasteiger partial charge < -0.3 is 9.84 Å². The maximum absolute atomic E-state index is 13.2. The second-order valence-electron chi connectivity index (χ2n) is 8.43. The second-order valence-corrected chi connectivity index (χ2v) is 14.0. The number of carbonyl (C=O) groups is 1. The molecule has 0 bridgehead atoms. The average Bonchev–Trinajstić information content (AvgIpc) is 2.70. The Morgan fingerprint density at radius 3 is 2.27 bits per heavy atom. The summed E-state index contributed by atoms with van der Waals surface area (Å²) in [7, 11) is -1.55. The van der Waals surface area contributed by atoms with Crippen molar-refractivity contribution in [3.8, 4) is 0 Å². The van der Waals surface area contributed by atoms with Crippen molar-refractivity contribution in [2.75, 3.05) is 0 Å². The SMILES string of the molecule is CC(OCn1c(=O)n(Cc2ccc(C(=O)O)cc2)c(=O)c2ccccc21)[Si](C)(C)C. The van der Waals surface area contributed by atoms with Crippen LogP contribution in [-0.2, 0) is 18.0 Å². The summed E-state index contributed by atoms with van der Waals surface area (Å²) in [6.45, 7) is 8.70. The molecule has 30 heavy (non-hydrogen) atoms. The number of aromatic carboxylic acids is 1. The Hall–Kier alpha value is -2.97. The fourth-order valence-electron chi connectivity index (χ4n) is 3.01. The number of nitrogens with zero attached hydrogens (tertiary/aromatic N) is 2. The molecule has 0 radical (unpaired) electrons. The molecule has 0 aliphatic rings. The number of aromatic nitrogens is 2. The number of para-hydroxylation sites is 1. The van der Waals surface area contributed by atoms with Gasteiger partial charge in [0, 0.05) is 5.73 Å². The first-order valence-electron chi connectivity index (χ1n) is 9.76. The van der Waals surface area contributed by atoms with Crippen molar-refractivity contribution in [2.45, 2.75) is 45.6 Å². The highest BCUT2D eigenvalue weighted by atomic mass is 28.3. The topological polar surface area (TPSA) is 90.5 Å². The highest BCUT2D eigenvalue weighted by Gasteiger charge is 2.24. The van der Waals surface area contributed by atoms with Gasteiger partial charge in [0.25, 0.3) is 5.56 Å². The maximum atomic E-state index is 13.2. The molecule has 0 spiro atoms. The Balaban J connectivity index is 2.05. The molecule has 7 nitrogen and oxygen atoms in total. The molecule has 2 aromatic carbocycles. The van der Waals surface area contributed by atoms with Crippen molar-refractivity contribution in [3.63, 3.8) is 0 Å². The molecule has 158 valence electrons. The first-order valence-corrected chi connectivity index (χ1v) is 13.3. The lowest BCUT2D eigenvalue weighted by Gasteiger charge is -2.26. The van der Waals surface area contributed by atoms with E-state index in [2.05, 4.69) is 19.6 Å². The molecule has 0 saturated heterocycles. The van der Waals surface area contributed by atoms with Crippen LogP contribution in [0.15, 0.2) is 58.1 Å². The number of fused-ring (bicyclic) bond motifs is 1. The summed E-state index contributed by atoms with van der Waals surface area (Å²) in [5, 5.41) is 9.48. The molecule has 0 aliphatic heterocycles. The minimum Gasteiger partial charge on any atom is -0.478 e. The lowest BCUT2D eigenvalue weighted by atomic mass is 10.1. The number of hydrogen-bond donors (Lipinski definition) is 1. The van der Waals surface area contributed by atoms with Crippen LogP contribution in [0.5, 0.6) is 0 Å². The summed E-state index contributed by atoms with van der Waals surface area (Å²) >= 11 is 0. The third-order valence-electron chi connectivity index (χ3n) is 5.35. The zero-order valence-electron chi connectivity index (χ0n) is 17.6. The van der Waals surface area contributed by atoms with Crippen molar-refractivity contribution < 1.29 is 14.6 Å². The summed E-state index contributed by atoms with van der Waals surface area (Å²) in [4.78, 5) is 37.3. The van der Waals surface area contributed by atoms with Crippen LogP contribution in [0.4, 0.5) is 0 Å². The molecule has 0 fully saturated rings. The van der Waals surface area contributed by atoms with Gasteiger partial charge in [-0.25, -0.2) is 9.59 Å².